The summed E-state index contributed by atoms with van der Waals surface area (Å²) in [6.07, 6.45) is 1.06. The topological polar surface area (TPSA) is 79.4 Å². The van der Waals surface area contributed by atoms with Crippen LogP contribution in [-0.2, 0) is 14.8 Å². The SMILES string of the molecule is Cc1cc2sc(NC(=O)[C@@H]3CCCN3S(=O)(=O)c3ccc(Cl)cc3)nc2cc1Cl. The van der Waals surface area contributed by atoms with Gasteiger partial charge in [-0.3, -0.25) is 4.79 Å². The number of sulfonamides is 1. The number of halogens is 2. The van der Waals surface area contributed by atoms with E-state index in [1.165, 1.54) is 39.9 Å². The molecule has 1 N–H and O–H groups in total. The minimum absolute atomic E-state index is 0.117. The first-order valence-corrected chi connectivity index (χ1v) is 11.9. The lowest BCUT2D eigenvalue weighted by atomic mass is 10.2. The molecule has 2 heterocycles. The first kappa shape index (κ1) is 20.6. The molecule has 0 radical (unpaired) electrons. The summed E-state index contributed by atoms with van der Waals surface area (Å²) in [4.78, 5) is 17.4. The molecule has 6 nitrogen and oxygen atoms in total. The van der Waals surface area contributed by atoms with Crippen LogP contribution in [0.5, 0.6) is 0 Å². The van der Waals surface area contributed by atoms with Gasteiger partial charge in [0.05, 0.1) is 15.1 Å². The number of hydrogen-bond acceptors (Lipinski definition) is 5. The molecule has 0 saturated carbocycles. The number of rotatable bonds is 4. The Morgan fingerprint density at radius 3 is 2.69 bits per heavy atom. The number of anilines is 1. The summed E-state index contributed by atoms with van der Waals surface area (Å²) in [5.41, 5.74) is 1.62. The smallest absolute Gasteiger partial charge is 0.244 e. The lowest BCUT2D eigenvalue weighted by Gasteiger charge is -2.23. The predicted octanol–water partition coefficient (Wildman–Crippen LogP) is 4.70. The summed E-state index contributed by atoms with van der Waals surface area (Å²) in [5.74, 6) is -0.387. The third-order valence-corrected chi connectivity index (χ3v) is 8.34. The molecule has 0 unspecified atom stereocenters. The van der Waals surface area contributed by atoms with E-state index in [0.29, 0.717) is 33.5 Å². The molecule has 1 saturated heterocycles. The Labute approximate surface area is 182 Å². The summed E-state index contributed by atoms with van der Waals surface area (Å²) in [7, 11) is -3.80. The van der Waals surface area contributed by atoms with E-state index >= 15 is 0 Å². The molecule has 2 aromatic carbocycles. The monoisotopic (exact) mass is 469 g/mol. The van der Waals surface area contributed by atoms with Crippen LogP contribution in [0.2, 0.25) is 10.0 Å². The molecule has 1 atom stereocenters. The van der Waals surface area contributed by atoms with Crippen molar-refractivity contribution in [2.24, 2.45) is 0 Å². The van der Waals surface area contributed by atoms with E-state index in [4.69, 9.17) is 23.2 Å². The van der Waals surface area contributed by atoms with Gasteiger partial charge in [-0.1, -0.05) is 34.5 Å². The summed E-state index contributed by atoms with van der Waals surface area (Å²) in [6.45, 7) is 2.19. The lowest BCUT2D eigenvalue weighted by molar-refractivity contribution is -0.119. The first-order chi connectivity index (χ1) is 13.8. The molecule has 29 heavy (non-hydrogen) atoms. The Morgan fingerprint density at radius 2 is 1.97 bits per heavy atom. The molecule has 10 heteroatoms. The summed E-state index contributed by atoms with van der Waals surface area (Å²) in [5, 5.41) is 4.25. The second kappa shape index (κ2) is 7.85. The Hall–Kier alpha value is -1.71. The molecule has 152 valence electrons. The van der Waals surface area contributed by atoms with Gasteiger partial charge in [-0.2, -0.15) is 4.31 Å². The zero-order valence-electron chi connectivity index (χ0n) is 15.4. The minimum Gasteiger partial charge on any atom is -0.301 e. The van der Waals surface area contributed by atoms with Gasteiger partial charge >= 0.3 is 0 Å². The van der Waals surface area contributed by atoms with Gasteiger partial charge in [0.15, 0.2) is 5.13 Å². The minimum atomic E-state index is -3.80. The van der Waals surface area contributed by atoms with Crippen molar-refractivity contribution in [1.82, 2.24) is 9.29 Å². The Balaban J connectivity index is 1.57. The van der Waals surface area contributed by atoms with Crippen LogP contribution in [0.4, 0.5) is 5.13 Å². The van der Waals surface area contributed by atoms with Gasteiger partial charge in [-0.15, -0.1) is 0 Å². The number of carbonyl (C=O) groups excluding carboxylic acids is 1. The quantitative estimate of drug-likeness (QED) is 0.600. The highest BCUT2D eigenvalue weighted by molar-refractivity contribution is 7.89. The van der Waals surface area contributed by atoms with Crippen molar-refractivity contribution in [3.05, 3.63) is 52.0 Å². The third kappa shape index (κ3) is 4.00. The fraction of sp³-hybridized carbons (Fsp3) is 0.263. The average Bonchev–Trinajstić information content (AvgIpc) is 3.30. The highest BCUT2D eigenvalue weighted by Gasteiger charge is 2.39. The van der Waals surface area contributed by atoms with E-state index in [0.717, 1.165) is 10.3 Å². The van der Waals surface area contributed by atoms with Crippen molar-refractivity contribution in [3.63, 3.8) is 0 Å². The second-order valence-corrected chi connectivity index (χ2v) is 10.6. The molecule has 0 bridgehead atoms. The van der Waals surface area contributed by atoms with Crippen LogP contribution in [0, 0.1) is 6.92 Å². The molecule has 3 aromatic rings. The van der Waals surface area contributed by atoms with Crippen LogP contribution >= 0.6 is 34.5 Å². The van der Waals surface area contributed by atoms with Gasteiger partial charge < -0.3 is 5.32 Å². The van der Waals surface area contributed by atoms with E-state index in [1.807, 2.05) is 13.0 Å². The van der Waals surface area contributed by atoms with Crippen molar-refractivity contribution < 1.29 is 13.2 Å². The molecular weight excluding hydrogens is 453 g/mol. The average molecular weight is 470 g/mol. The number of amides is 1. The van der Waals surface area contributed by atoms with Crippen molar-refractivity contribution in [2.75, 3.05) is 11.9 Å². The molecule has 1 amide bonds. The molecule has 1 aliphatic rings. The number of hydrogen-bond donors (Lipinski definition) is 1. The number of fused-ring (bicyclic) bond motifs is 1. The first-order valence-electron chi connectivity index (χ1n) is 8.90. The maximum atomic E-state index is 13.0. The number of thiazole rings is 1. The summed E-state index contributed by atoms with van der Waals surface area (Å²) in [6, 6.07) is 8.83. The van der Waals surface area contributed by atoms with Crippen LogP contribution in [0.15, 0.2) is 41.3 Å². The van der Waals surface area contributed by atoms with Gasteiger partial charge in [-0.25, -0.2) is 13.4 Å². The fourth-order valence-electron chi connectivity index (χ4n) is 3.32. The Kier molecular flexibility index (Phi) is 5.56. The number of carbonyl (C=O) groups is 1. The number of nitrogens with one attached hydrogen (secondary N) is 1. The number of aryl methyl sites for hydroxylation is 1. The van der Waals surface area contributed by atoms with Crippen LogP contribution in [0.3, 0.4) is 0 Å². The van der Waals surface area contributed by atoms with Crippen LogP contribution in [0.1, 0.15) is 18.4 Å². The van der Waals surface area contributed by atoms with Gasteiger partial charge in [0.2, 0.25) is 15.9 Å². The highest BCUT2D eigenvalue weighted by atomic mass is 35.5. The maximum absolute atomic E-state index is 13.0. The van der Waals surface area contributed by atoms with Crippen LogP contribution < -0.4 is 5.32 Å². The maximum Gasteiger partial charge on any atom is 0.244 e. The standard InChI is InChI=1S/C19H17Cl2N3O3S2/c1-11-9-17-15(10-14(11)21)22-19(28-17)23-18(25)16-3-2-8-24(16)29(26,27)13-6-4-12(20)5-7-13/h4-7,9-10,16H,2-3,8H2,1H3,(H,22,23,25)/t16-/m0/s1. The Bertz CT molecular complexity index is 1150. The molecular formula is C19H17Cl2N3O3S2. The number of nitrogens with zero attached hydrogens (tertiary/aromatic N) is 2. The molecule has 0 spiro atoms. The number of aromatic nitrogens is 1. The Morgan fingerprint density at radius 1 is 1.24 bits per heavy atom. The van der Waals surface area contributed by atoms with Crippen molar-refractivity contribution in [2.45, 2.75) is 30.7 Å². The van der Waals surface area contributed by atoms with Gasteiger partial charge in [0.1, 0.15) is 6.04 Å². The van der Waals surface area contributed by atoms with Crippen LogP contribution in [-0.4, -0.2) is 36.2 Å². The molecule has 1 fully saturated rings. The lowest BCUT2D eigenvalue weighted by Crippen LogP contribution is -2.43. The molecule has 0 aliphatic carbocycles. The van der Waals surface area contributed by atoms with Gasteiger partial charge in [0.25, 0.3) is 0 Å². The molecule has 4 rings (SSSR count). The van der Waals surface area contributed by atoms with Crippen molar-refractivity contribution in [3.8, 4) is 0 Å². The molecule has 1 aromatic heterocycles. The third-order valence-electron chi connectivity index (χ3n) is 4.83. The number of benzene rings is 2. The van der Waals surface area contributed by atoms with E-state index < -0.39 is 16.1 Å². The van der Waals surface area contributed by atoms with E-state index in [9.17, 15) is 13.2 Å². The van der Waals surface area contributed by atoms with Crippen molar-refractivity contribution in [1.29, 1.82) is 0 Å². The van der Waals surface area contributed by atoms with Gasteiger partial charge in [0, 0.05) is 16.6 Å². The summed E-state index contributed by atoms with van der Waals surface area (Å²) >= 11 is 13.3. The molecule has 1 aliphatic heterocycles. The normalized spacial score (nSPS) is 17.7. The summed E-state index contributed by atoms with van der Waals surface area (Å²) < 4.78 is 28.2. The van der Waals surface area contributed by atoms with Gasteiger partial charge in [-0.05, 0) is 61.7 Å². The predicted molar refractivity (Wildman–Crippen MR) is 116 cm³/mol. The van der Waals surface area contributed by atoms with E-state index in [2.05, 4.69) is 10.3 Å². The zero-order valence-corrected chi connectivity index (χ0v) is 18.5. The van der Waals surface area contributed by atoms with E-state index in [1.54, 1.807) is 6.07 Å². The second-order valence-electron chi connectivity index (χ2n) is 6.81. The largest absolute Gasteiger partial charge is 0.301 e. The van der Waals surface area contributed by atoms with E-state index in [-0.39, 0.29) is 17.3 Å². The highest BCUT2D eigenvalue weighted by Crippen LogP contribution is 2.32. The zero-order chi connectivity index (χ0) is 20.8. The fourth-order valence-corrected chi connectivity index (χ4v) is 6.21. The van der Waals surface area contributed by atoms with Crippen molar-refractivity contribution >= 4 is 65.8 Å². The van der Waals surface area contributed by atoms with Crippen LogP contribution in [0.25, 0.3) is 10.2 Å².